The highest BCUT2D eigenvalue weighted by atomic mass is 127. The number of hydrogen-bond acceptors (Lipinski definition) is 3. The summed E-state index contributed by atoms with van der Waals surface area (Å²) in [6.07, 6.45) is 4.44. The maximum absolute atomic E-state index is 5.06. The molecule has 0 bridgehead atoms. The van der Waals surface area contributed by atoms with Crippen LogP contribution in [0.15, 0.2) is 29.3 Å². The van der Waals surface area contributed by atoms with Crippen molar-refractivity contribution in [1.82, 2.24) is 20.2 Å². The van der Waals surface area contributed by atoms with Crippen LogP contribution in [0.3, 0.4) is 0 Å². The maximum atomic E-state index is 5.06. The largest absolute Gasteiger partial charge is 0.385 e. The van der Waals surface area contributed by atoms with Gasteiger partial charge in [0.15, 0.2) is 5.96 Å². The van der Waals surface area contributed by atoms with Crippen LogP contribution in [0.4, 0.5) is 0 Å². The van der Waals surface area contributed by atoms with Crippen LogP contribution in [0.2, 0.25) is 0 Å². The minimum atomic E-state index is 0. The monoisotopic (exact) mass is 473 g/mol. The number of imidazole rings is 1. The number of nitrogens with zero attached hydrogens (tertiary/aromatic N) is 3. The summed E-state index contributed by atoms with van der Waals surface area (Å²) >= 11 is 0. The molecule has 2 rings (SSSR count). The van der Waals surface area contributed by atoms with E-state index in [9.17, 15) is 0 Å². The zero-order valence-corrected chi connectivity index (χ0v) is 18.5. The molecule has 0 aliphatic carbocycles. The van der Waals surface area contributed by atoms with E-state index in [1.165, 1.54) is 11.9 Å². The van der Waals surface area contributed by atoms with Crippen LogP contribution in [-0.2, 0) is 11.3 Å². The quantitative estimate of drug-likeness (QED) is 0.241. The van der Waals surface area contributed by atoms with Crippen LogP contribution in [0.1, 0.15) is 31.5 Å². The zero-order chi connectivity index (χ0) is 17.9. The first kappa shape index (κ1) is 22.7. The smallest absolute Gasteiger partial charge is 0.190 e. The van der Waals surface area contributed by atoms with E-state index in [0.717, 1.165) is 62.8 Å². The van der Waals surface area contributed by atoms with Gasteiger partial charge in [-0.05, 0) is 44.7 Å². The molecule has 0 aliphatic rings. The lowest BCUT2D eigenvalue weighted by Crippen LogP contribution is -2.38. The normalized spacial score (nSPS) is 11.4. The van der Waals surface area contributed by atoms with Crippen molar-refractivity contribution in [2.45, 2.75) is 39.2 Å². The molecule has 0 fully saturated rings. The Hall–Kier alpha value is -1.35. The molecule has 1 heterocycles. The fraction of sp³-hybridized carbons (Fsp3) is 0.579. The second-order valence-corrected chi connectivity index (χ2v) is 6.13. The molecule has 0 amide bonds. The summed E-state index contributed by atoms with van der Waals surface area (Å²) in [5.74, 6) is 1.94. The second-order valence-electron chi connectivity index (χ2n) is 6.13. The van der Waals surface area contributed by atoms with E-state index in [1.807, 2.05) is 13.1 Å². The number of nitrogens with one attached hydrogen (secondary N) is 2. The molecule has 0 atom stereocenters. The van der Waals surface area contributed by atoms with Gasteiger partial charge in [-0.3, -0.25) is 4.99 Å². The Kier molecular flexibility index (Phi) is 11.3. The molecule has 1 aromatic heterocycles. The van der Waals surface area contributed by atoms with Gasteiger partial charge in [0, 0.05) is 40.4 Å². The zero-order valence-electron chi connectivity index (χ0n) is 16.1. The Morgan fingerprint density at radius 3 is 2.58 bits per heavy atom. The van der Waals surface area contributed by atoms with Gasteiger partial charge in [-0.2, -0.15) is 0 Å². The molecule has 1 aromatic carbocycles. The van der Waals surface area contributed by atoms with Gasteiger partial charge in [0.1, 0.15) is 5.82 Å². The standard InChI is InChI=1S/C19H31N5O.HI/c1-16-23-17-10-5-6-11-18(17)24(16)14-9-13-22-19(20-2)21-12-7-4-8-15-25-3;/h5-6,10-11H,4,7-9,12-15H2,1-3H3,(H2,20,21,22);1H. The lowest BCUT2D eigenvalue weighted by atomic mass is 10.2. The Morgan fingerprint density at radius 2 is 1.85 bits per heavy atom. The number of methoxy groups -OCH3 is 1. The molecule has 0 unspecified atom stereocenters. The van der Waals surface area contributed by atoms with Crippen molar-refractivity contribution < 1.29 is 4.74 Å². The number of hydrogen-bond donors (Lipinski definition) is 2. The van der Waals surface area contributed by atoms with Gasteiger partial charge in [-0.15, -0.1) is 24.0 Å². The molecule has 146 valence electrons. The summed E-state index contributed by atoms with van der Waals surface area (Å²) in [6.45, 7) is 5.68. The molecular formula is C19H32IN5O. The first-order chi connectivity index (χ1) is 12.3. The maximum Gasteiger partial charge on any atom is 0.190 e. The number of fused-ring (bicyclic) bond motifs is 1. The number of rotatable bonds is 10. The van der Waals surface area contributed by atoms with Gasteiger partial charge in [0.05, 0.1) is 11.0 Å². The number of aromatic nitrogens is 2. The number of aryl methyl sites for hydroxylation is 2. The van der Waals surface area contributed by atoms with Gasteiger partial charge < -0.3 is 19.9 Å². The topological polar surface area (TPSA) is 63.5 Å². The van der Waals surface area contributed by atoms with Crippen LogP contribution in [0, 0.1) is 6.92 Å². The van der Waals surface area contributed by atoms with E-state index in [1.54, 1.807) is 7.11 Å². The van der Waals surface area contributed by atoms with Gasteiger partial charge in [0.25, 0.3) is 0 Å². The van der Waals surface area contributed by atoms with E-state index in [-0.39, 0.29) is 24.0 Å². The molecule has 0 spiro atoms. The molecule has 2 N–H and O–H groups in total. The highest BCUT2D eigenvalue weighted by Crippen LogP contribution is 2.15. The van der Waals surface area contributed by atoms with Gasteiger partial charge in [-0.25, -0.2) is 4.98 Å². The van der Waals surface area contributed by atoms with Crippen molar-refractivity contribution in [1.29, 1.82) is 0 Å². The van der Waals surface area contributed by atoms with E-state index < -0.39 is 0 Å². The first-order valence-electron chi connectivity index (χ1n) is 9.11. The van der Waals surface area contributed by atoms with E-state index in [4.69, 9.17) is 4.74 Å². The molecule has 0 saturated heterocycles. The summed E-state index contributed by atoms with van der Waals surface area (Å²) in [5.41, 5.74) is 2.28. The Morgan fingerprint density at radius 1 is 1.12 bits per heavy atom. The minimum absolute atomic E-state index is 0. The molecule has 0 radical (unpaired) electrons. The van der Waals surface area contributed by atoms with E-state index in [2.05, 4.69) is 50.3 Å². The number of halogens is 1. The lowest BCUT2D eigenvalue weighted by Gasteiger charge is -2.12. The Bertz CT molecular complexity index is 671. The average Bonchev–Trinajstić information content (AvgIpc) is 2.95. The molecule has 0 aliphatic heterocycles. The molecule has 26 heavy (non-hydrogen) atoms. The summed E-state index contributed by atoms with van der Waals surface area (Å²) < 4.78 is 7.34. The molecule has 7 heteroatoms. The SMILES string of the molecule is CN=C(NCCCCCOC)NCCCn1c(C)nc2ccccc21.I. The third-order valence-electron chi connectivity index (χ3n) is 4.24. The van der Waals surface area contributed by atoms with Crippen LogP contribution >= 0.6 is 24.0 Å². The first-order valence-corrected chi connectivity index (χ1v) is 9.11. The third kappa shape index (κ3) is 7.11. The molecule has 0 saturated carbocycles. The van der Waals surface area contributed by atoms with Crippen molar-refractivity contribution in [3.63, 3.8) is 0 Å². The number of benzene rings is 1. The number of ether oxygens (including phenoxy) is 1. The van der Waals surface area contributed by atoms with Crippen LogP contribution in [0.25, 0.3) is 11.0 Å². The van der Waals surface area contributed by atoms with E-state index in [0.29, 0.717) is 0 Å². The van der Waals surface area contributed by atoms with Crippen molar-refractivity contribution in [3.8, 4) is 0 Å². The molecule has 6 nitrogen and oxygen atoms in total. The summed E-state index contributed by atoms with van der Waals surface area (Å²) in [6, 6.07) is 8.30. The summed E-state index contributed by atoms with van der Waals surface area (Å²) in [5, 5.41) is 6.74. The number of guanidine groups is 1. The van der Waals surface area contributed by atoms with Crippen LogP contribution in [-0.4, -0.2) is 49.4 Å². The average molecular weight is 473 g/mol. The number of aliphatic imine (C=N–C) groups is 1. The third-order valence-corrected chi connectivity index (χ3v) is 4.24. The fourth-order valence-corrected chi connectivity index (χ4v) is 2.90. The van der Waals surface area contributed by atoms with Crippen LogP contribution < -0.4 is 10.6 Å². The minimum Gasteiger partial charge on any atom is -0.385 e. The van der Waals surface area contributed by atoms with Crippen LogP contribution in [0.5, 0.6) is 0 Å². The fourth-order valence-electron chi connectivity index (χ4n) is 2.90. The summed E-state index contributed by atoms with van der Waals surface area (Å²) in [4.78, 5) is 8.89. The number of unbranched alkanes of at least 4 members (excludes halogenated alkanes) is 2. The lowest BCUT2D eigenvalue weighted by molar-refractivity contribution is 0.192. The van der Waals surface area contributed by atoms with Crippen molar-refractivity contribution in [2.24, 2.45) is 4.99 Å². The van der Waals surface area contributed by atoms with Crippen molar-refractivity contribution in [3.05, 3.63) is 30.1 Å². The molecular weight excluding hydrogens is 441 g/mol. The van der Waals surface area contributed by atoms with Crippen molar-refractivity contribution in [2.75, 3.05) is 33.9 Å². The highest BCUT2D eigenvalue weighted by molar-refractivity contribution is 14.0. The van der Waals surface area contributed by atoms with Gasteiger partial charge in [0.2, 0.25) is 0 Å². The Labute approximate surface area is 173 Å². The molecule has 2 aromatic rings. The van der Waals surface area contributed by atoms with Gasteiger partial charge in [-0.1, -0.05) is 12.1 Å². The predicted octanol–water partition coefficient (Wildman–Crippen LogP) is 3.33. The van der Waals surface area contributed by atoms with E-state index >= 15 is 0 Å². The van der Waals surface area contributed by atoms with Gasteiger partial charge >= 0.3 is 0 Å². The predicted molar refractivity (Wildman–Crippen MR) is 120 cm³/mol. The summed E-state index contributed by atoms with van der Waals surface area (Å²) in [7, 11) is 3.56. The van der Waals surface area contributed by atoms with Crippen molar-refractivity contribution >= 4 is 41.0 Å². The Balaban J connectivity index is 0.00000338. The number of para-hydroxylation sites is 2. The highest BCUT2D eigenvalue weighted by Gasteiger charge is 2.06. The second kappa shape index (κ2) is 12.9.